The molecule has 0 aromatic carbocycles. The number of hydrogen-bond acceptors (Lipinski definition) is 6. The standard InChI is InChI=1S/C11H10F3NO6S/c1-20-10(17)6-5-8(21-22(18,19)11(12,13)14)9(16)15-4-2-3-7(6)15/h5H,2-4H2,1H3. The summed E-state index contributed by atoms with van der Waals surface area (Å²) in [6, 6.07) is 0.661. The van der Waals surface area contributed by atoms with Gasteiger partial charge in [-0.1, -0.05) is 0 Å². The summed E-state index contributed by atoms with van der Waals surface area (Å²) in [5.41, 5.74) is -6.66. The fourth-order valence-corrected chi connectivity index (χ4v) is 2.55. The summed E-state index contributed by atoms with van der Waals surface area (Å²) in [6.45, 7) is 0.140. The predicted molar refractivity (Wildman–Crippen MR) is 66.0 cm³/mol. The van der Waals surface area contributed by atoms with Gasteiger partial charge in [-0.05, 0) is 12.8 Å². The van der Waals surface area contributed by atoms with E-state index in [1.165, 1.54) is 0 Å². The highest BCUT2D eigenvalue weighted by molar-refractivity contribution is 7.87. The molecule has 0 bridgehead atoms. The fourth-order valence-electron chi connectivity index (χ4n) is 2.10. The van der Waals surface area contributed by atoms with Crippen molar-refractivity contribution < 1.29 is 35.3 Å². The molecule has 1 aromatic heterocycles. The van der Waals surface area contributed by atoms with Crippen molar-refractivity contribution in [3.05, 3.63) is 27.7 Å². The molecule has 11 heteroatoms. The zero-order valence-electron chi connectivity index (χ0n) is 11.1. The Labute approximate surface area is 122 Å². The van der Waals surface area contributed by atoms with Gasteiger partial charge >= 0.3 is 21.6 Å². The molecule has 1 aromatic rings. The van der Waals surface area contributed by atoms with Crippen LogP contribution in [0.3, 0.4) is 0 Å². The highest BCUT2D eigenvalue weighted by Crippen LogP contribution is 2.27. The third-order valence-electron chi connectivity index (χ3n) is 3.05. The van der Waals surface area contributed by atoms with Crippen LogP contribution in [0, 0.1) is 0 Å². The van der Waals surface area contributed by atoms with E-state index in [1.807, 2.05) is 0 Å². The third kappa shape index (κ3) is 2.67. The van der Waals surface area contributed by atoms with Crippen LogP contribution < -0.4 is 9.74 Å². The predicted octanol–water partition coefficient (Wildman–Crippen LogP) is 0.809. The average Bonchev–Trinajstić information content (AvgIpc) is 2.89. The molecule has 0 saturated carbocycles. The molecular weight excluding hydrogens is 331 g/mol. The minimum absolute atomic E-state index is 0.140. The van der Waals surface area contributed by atoms with Crippen molar-refractivity contribution in [1.29, 1.82) is 0 Å². The van der Waals surface area contributed by atoms with E-state index in [9.17, 15) is 31.2 Å². The Balaban J connectivity index is 2.59. The summed E-state index contributed by atoms with van der Waals surface area (Å²) in [5, 5.41) is 0. The van der Waals surface area contributed by atoms with Gasteiger partial charge < -0.3 is 13.5 Å². The first-order chi connectivity index (χ1) is 10.1. The maximum atomic E-state index is 12.3. The zero-order valence-corrected chi connectivity index (χ0v) is 12.0. The van der Waals surface area contributed by atoms with Crippen LogP contribution in [0.2, 0.25) is 0 Å². The number of esters is 1. The molecule has 0 saturated heterocycles. The molecule has 0 unspecified atom stereocenters. The lowest BCUT2D eigenvalue weighted by Gasteiger charge is -2.13. The van der Waals surface area contributed by atoms with Crippen molar-refractivity contribution in [1.82, 2.24) is 4.57 Å². The fraction of sp³-hybridized carbons (Fsp3) is 0.455. The first-order valence-electron chi connectivity index (χ1n) is 5.94. The maximum absolute atomic E-state index is 12.3. The van der Waals surface area contributed by atoms with Crippen LogP contribution in [0.4, 0.5) is 13.2 Å². The number of hydrogen-bond donors (Lipinski definition) is 0. The molecule has 1 aliphatic heterocycles. The molecule has 0 radical (unpaired) electrons. The van der Waals surface area contributed by atoms with Gasteiger partial charge in [-0.25, -0.2) is 4.79 Å². The molecule has 22 heavy (non-hydrogen) atoms. The summed E-state index contributed by atoms with van der Waals surface area (Å²) in [4.78, 5) is 23.6. The molecule has 122 valence electrons. The summed E-state index contributed by atoms with van der Waals surface area (Å²) in [7, 11) is -4.96. The minimum Gasteiger partial charge on any atom is -0.465 e. The van der Waals surface area contributed by atoms with Crippen LogP contribution in [0.5, 0.6) is 5.75 Å². The average molecular weight is 341 g/mol. The molecule has 7 nitrogen and oxygen atoms in total. The number of halogens is 3. The first kappa shape index (κ1) is 16.3. The summed E-state index contributed by atoms with van der Waals surface area (Å²) < 4.78 is 68.4. The summed E-state index contributed by atoms with van der Waals surface area (Å²) in [6.07, 6.45) is 0.820. The number of rotatable bonds is 3. The Kier molecular flexibility index (Phi) is 3.94. The largest absolute Gasteiger partial charge is 0.534 e. The van der Waals surface area contributed by atoms with Crippen LogP contribution in [0.15, 0.2) is 10.9 Å². The Morgan fingerprint density at radius 1 is 1.36 bits per heavy atom. The van der Waals surface area contributed by atoms with Crippen molar-refractivity contribution in [3.8, 4) is 5.75 Å². The maximum Gasteiger partial charge on any atom is 0.534 e. The second-order valence-corrected chi connectivity index (χ2v) is 5.94. The van der Waals surface area contributed by atoms with Crippen molar-refractivity contribution in [3.63, 3.8) is 0 Å². The Bertz CT molecular complexity index is 780. The summed E-state index contributed by atoms with van der Waals surface area (Å²) in [5.74, 6) is -2.00. The Hall–Kier alpha value is -2.04. The van der Waals surface area contributed by atoms with E-state index in [1.54, 1.807) is 0 Å². The number of nitrogens with zero attached hydrogens (tertiary/aromatic N) is 1. The SMILES string of the molecule is COC(=O)c1cc(OS(=O)(=O)C(F)(F)F)c(=O)n2c1CCC2. The Morgan fingerprint density at radius 3 is 2.55 bits per heavy atom. The second kappa shape index (κ2) is 5.30. The number of pyridine rings is 1. The van der Waals surface area contributed by atoms with E-state index in [0.29, 0.717) is 18.9 Å². The molecule has 0 N–H and O–H groups in total. The normalized spacial score (nSPS) is 14.5. The van der Waals surface area contributed by atoms with Gasteiger partial charge in [-0.3, -0.25) is 4.79 Å². The monoisotopic (exact) mass is 341 g/mol. The smallest absolute Gasteiger partial charge is 0.465 e. The van der Waals surface area contributed by atoms with Crippen LogP contribution in [0.1, 0.15) is 22.5 Å². The quantitative estimate of drug-likeness (QED) is 0.459. The minimum atomic E-state index is -6.01. The first-order valence-corrected chi connectivity index (χ1v) is 7.35. The number of alkyl halides is 3. The molecule has 1 aliphatic rings. The molecule has 2 rings (SSSR count). The van der Waals surface area contributed by atoms with Crippen molar-refractivity contribution >= 4 is 16.1 Å². The van der Waals surface area contributed by atoms with Crippen LogP contribution in [0.25, 0.3) is 0 Å². The van der Waals surface area contributed by atoms with Crippen LogP contribution in [-0.4, -0.2) is 31.6 Å². The zero-order chi connectivity index (χ0) is 16.7. The van der Waals surface area contributed by atoms with Crippen molar-refractivity contribution in [2.75, 3.05) is 7.11 Å². The second-order valence-electron chi connectivity index (χ2n) is 4.40. The number of carbonyl (C=O) groups excluding carboxylic acids is 1. The molecule has 0 atom stereocenters. The molecule has 2 heterocycles. The molecule has 0 fully saturated rings. The molecular formula is C11H10F3NO6S. The number of carbonyl (C=O) groups is 1. The van der Waals surface area contributed by atoms with Crippen molar-refractivity contribution in [2.45, 2.75) is 24.9 Å². The topological polar surface area (TPSA) is 91.7 Å². The van der Waals surface area contributed by atoms with Gasteiger partial charge in [0.25, 0.3) is 5.56 Å². The number of methoxy groups -OCH3 is 1. The van der Waals surface area contributed by atoms with Gasteiger partial charge in [0.05, 0.1) is 12.7 Å². The van der Waals surface area contributed by atoms with Crippen LogP contribution in [-0.2, 0) is 27.8 Å². The van der Waals surface area contributed by atoms with Gasteiger partial charge in [-0.2, -0.15) is 21.6 Å². The van der Waals surface area contributed by atoms with Gasteiger partial charge in [0.1, 0.15) is 0 Å². The molecule has 0 aliphatic carbocycles. The lowest BCUT2D eigenvalue weighted by atomic mass is 10.1. The molecule has 0 amide bonds. The van der Waals surface area contributed by atoms with E-state index in [0.717, 1.165) is 11.7 Å². The highest BCUT2D eigenvalue weighted by Gasteiger charge is 2.49. The summed E-state index contributed by atoms with van der Waals surface area (Å²) >= 11 is 0. The lowest BCUT2D eigenvalue weighted by Crippen LogP contribution is -2.32. The highest BCUT2D eigenvalue weighted by atomic mass is 32.2. The van der Waals surface area contributed by atoms with Gasteiger partial charge in [-0.15, -0.1) is 0 Å². The van der Waals surface area contributed by atoms with E-state index in [2.05, 4.69) is 8.92 Å². The Morgan fingerprint density at radius 2 is 2.00 bits per heavy atom. The third-order valence-corrected chi connectivity index (χ3v) is 4.02. The van der Waals surface area contributed by atoms with E-state index >= 15 is 0 Å². The number of ether oxygens (including phenoxy) is 1. The lowest BCUT2D eigenvalue weighted by molar-refractivity contribution is -0.0500. The van der Waals surface area contributed by atoms with Crippen molar-refractivity contribution in [2.24, 2.45) is 0 Å². The van der Waals surface area contributed by atoms with Gasteiger partial charge in [0.2, 0.25) is 5.75 Å². The van der Waals surface area contributed by atoms with Gasteiger partial charge in [0.15, 0.2) is 0 Å². The van der Waals surface area contributed by atoms with E-state index < -0.39 is 32.9 Å². The van der Waals surface area contributed by atoms with Gasteiger partial charge in [0, 0.05) is 18.3 Å². The van der Waals surface area contributed by atoms with E-state index in [4.69, 9.17) is 0 Å². The van der Waals surface area contributed by atoms with Crippen LogP contribution >= 0.6 is 0 Å². The van der Waals surface area contributed by atoms with E-state index in [-0.39, 0.29) is 17.8 Å². The number of aromatic nitrogens is 1. The number of fused-ring (bicyclic) bond motifs is 1. The molecule has 0 spiro atoms.